The number of benzene rings is 1. The van der Waals surface area contributed by atoms with Gasteiger partial charge in [0, 0.05) is 48.0 Å². The summed E-state index contributed by atoms with van der Waals surface area (Å²) in [7, 11) is -1.64. The Balaban J connectivity index is 1.46. The fraction of sp³-hybridized carbons (Fsp3) is 0.348. The van der Waals surface area contributed by atoms with Gasteiger partial charge in [0.05, 0.1) is 10.9 Å². The Morgan fingerprint density at radius 2 is 1.78 bits per heavy atom. The summed E-state index contributed by atoms with van der Waals surface area (Å²) < 4.78 is 27.9. The zero-order valence-corrected chi connectivity index (χ0v) is 20.3. The zero-order chi connectivity index (χ0) is 22.3. The second kappa shape index (κ2) is 8.72. The molecular formula is C23H25N3O3S3. The van der Waals surface area contributed by atoms with Gasteiger partial charge in [-0.1, -0.05) is 12.1 Å². The third kappa shape index (κ3) is 3.92. The van der Waals surface area contributed by atoms with Crippen molar-refractivity contribution in [3.05, 3.63) is 74.1 Å². The van der Waals surface area contributed by atoms with Crippen molar-refractivity contribution in [2.24, 2.45) is 0 Å². The molecular weight excluding hydrogens is 462 g/mol. The average molecular weight is 488 g/mol. The van der Waals surface area contributed by atoms with Crippen molar-refractivity contribution in [3.8, 4) is 0 Å². The third-order valence-electron chi connectivity index (χ3n) is 6.22. The summed E-state index contributed by atoms with van der Waals surface area (Å²) in [6, 6.07) is 12.6. The van der Waals surface area contributed by atoms with Crippen LogP contribution < -0.4 is 0 Å². The standard InChI is InChI=1S/C23H25N3O3S3/c1-24-10-12-25(13-11-24)32(28,29)18-5-2-4-17(16-18)23(27)26-9-7-20-19(8-15-31-20)22(26)21-6-3-14-30-21/h2-6,8,14-16,22H,7,9-13H2,1H3. The number of likely N-dealkylation sites (N-methyl/N-ethyl adjacent to an activating group) is 1. The van der Waals surface area contributed by atoms with Crippen LogP contribution in [0.25, 0.3) is 0 Å². The van der Waals surface area contributed by atoms with Gasteiger partial charge in [0.15, 0.2) is 0 Å². The van der Waals surface area contributed by atoms with E-state index in [4.69, 9.17) is 0 Å². The fourth-order valence-corrected chi connectivity index (χ4v) is 7.65. The van der Waals surface area contributed by atoms with Gasteiger partial charge in [-0.3, -0.25) is 4.79 Å². The van der Waals surface area contributed by atoms with Crippen LogP contribution in [0, 0.1) is 0 Å². The van der Waals surface area contributed by atoms with Crippen LogP contribution in [0.15, 0.2) is 58.1 Å². The van der Waals surface area contributed by atoms with Crippen LogP contribution in [-0.4, -0.2) is 68.2 Å². The van der Waals surface area contributed by atoms with E-state index in [2.05, 4.69) is 22.4 Å². The summed E-state index contributed by atoms with van der Waals surface area (Å²) in [5.41, 5.74) is 1.60. The van der Waals surface area contributed by atoms with Gasteiger partial charge in [-0.05, 0) is 60.1 Å². The molecule has 0 spiro atoms. The summed E-state index contributed by atoms with van der Waals surface area (Å²) in [6.07, 6.45) is 0.819. The molecule has 0 N–H and O–H groups in total. The van der Waals surface area contributed by atoms with Crippen molar-refractivity contribution < 1.29 is 13.2 Å². The minimum Gasteiger partial charge on any atom is -0.326 e. The third-order valence-corrected chi connectivity index (χ3v) is 10.0. The van der Waals surface area contributed by atoms with E-state index in [0.717, 1.165) is 11.3 Å². The molecule has 0 radical (unpaired) electrons. The van der Waals surface area contributed by atoms with Gasteiger partial charge < -0.3 is 9.80 Å². The van der Waals surface area contributed by atoms with E-state index < -0.39 is 10.0 Å². The first-order chi connectivity index (χ1) is 15.4. The van der Waals surface area contributed by atoms with Crippen molar-refractivity contribution in [2.45, 2.75) is 17.4 Å². The molecule has 1 fully saturated rings. The van der Waals surface area contributed by atoms with Gasteiger partial charge in [-0.2, -0.15) is 4.31 Å². The summed E-state index contributed by atoms with van der Waals surface area (Å²) in [6.45, 7) is 2.95. The highest BCUT2D eigenvalue weighted by atomic mass is 32.2. The van der Waals surface area contributed by atoms with Crippen molar-refractivity contribution in [1.29, 1.82) is 0 Å². The molecule has 3 aromatic rings. The number of carbonyl (C=O) groups excluding carboxylic acids is 1. The Kier molecular flexibility index (Phi) is 5.94. The highest BCUT2D eigenvalue weighted by Gasteiger charge is 2.35. The lowest BCUT2D eigenvalue weighted by molar-refractivity contribution is 0.0698. The Bertz CT molecular complexity index is 1210. The highest BCUT2D eigenvalue weighted by Crippen LogP contribution is 2.40. The van der Waals surface area contributed by atoms with Crippen LogP contribution in [-0.2, 0) is 16.4 Å². The molecule has 0 bridgehead atoms. The molecule has 6 nitrogen and oxygen atoms in total. The van der Waals surface area contributed by atoms with Crippen molar-refractivity contribution in [1.82, 2.24) is 14.1 Å². The van der Waals surface area contributed by atoms with E-state index in [9.17, 15) is 13.2 Å². The first-order valence-electron chi connectivity index (χ1n) is 10.6. The molecule has 168 valence electrons. The zero-order valence-electron chi connectivity index (χ0n) is 17.8. The lowest BCUT2D eigenvalue weighted by Gasteiger charge is -2.35. The number of hydrogen-bond acceptors (Lipinski definition) is 6. The van der Waals surface area contributed by atoms with E-state index in [0.29, 0.717) is 38.3 Å². The average Bonchev–Trinajstić information content (AvgIpc) is 3.50. The maximum absolute atomic E-state index is 13.7. The number of piperazine rings is 1. The van der Waals surface area contributed by atoms with Gasteiger partial charge in [0.2, 0.25) is 10.0 Å². The van der Waals surface area contributed by atoms with E-state index in [-0.39, 0.29) is 16.8 Å². The number of sulfonamides is 1. The Labute approximate surface area is 196 Å². The van der Waals surface area contributed by atoms with Gasteiger partial charge in [0.25, 0.3) is 5.91 Å². The predicted octanol–water partition coefficient (Wildman–Crippen LogP) is 3.53. The first kappa shape index (κ1) is 21.8. The van der Waals surface area contributed by atoms with Crippen molar-refractivity contribution in [3.63, 3.8) is 0 Å². The molecule has 2 aliphatic heterocycles. The normalized spacial score (nSPS) is 20.3. The number of nitrogens with zero attached hydrogens (tertiary/aromatic N) is 3. The Morgan fingerprint density at radius 1 is 0.969 bits per heavy atom. The van der Waals surface area contributed by atoms with Crippen LogP contribution >= 0.6 is 22.7 Å². The molecule has 4 heterocycles. The number of amides is 1. The smallest absolute Gasteiger partial charge is 0.254 e. The monoisotopic (exact) mass is 487 g/mol. The molecule has 9 heteroatoms. The van der Waals surface area contributed by atoms with Gasteiger partial charge in [-0.15, -0.1) is 22.7 Å². The van der Waals surface area contributed by atoms with Gasteiger partial charge in [-0.25, -0.2) is 8.42 Å². The van der Waals surface area contributed by atoms with Gasteiger partial charge >= 0.3 is 0 Å². The maximum Gasteiger partial charge on any atom is 0.254 e. The summed E-state index contributed by atoms with van der Waals surface area (Å²) >= 11 is 3.38. The van der Waals surface area contributed by atoms with Crippen LogP contribution in [0.2, 0.25) is 0 Å². The molecule has 1 amide bonds. The molecule has 1 atom stereocenters. The number of fused-ring (bicyclic) bond motifs is 1. The number of rotatable bonds is 4. The number of thiophene rings is 2. The van der Waals surface area contributed by atoms with E-state index in [1.165, 1.54) is 14.7 Å². The highest BCUT2D eigenvalue weighted by molar-refractivity contribution is 7.89. The molecule has 2 aliphatic rings. The molecule has 5 rings (SSSR count). The summed E-state index contributed by atoms with van der Waals surface area (Å²) in [4.78, 5) is 20.3. The lowest BCUT2D eigenvalue weighted by Crippen LogP contribution is -2.47. The minimum atomic E-state index is -3.63. The number of hydrogen-bond donors (Lipinski definition) is 0. The van der Waals surface area contributed by atoms with E-state index in [1.807, 2.05) is 23.4 Å². The maximum atomic E-state index is 13.7. The Hall–Kier alpha value is -2.04. The second-order valence-electron chi connectivity index (χ2n) is 8.20. The lowest BCUT2D eigenvalue weighted by atomic mass is 9.97. The predicted molar refractivity (Wildman–Crippen MR) is 128 cm³/mol. The van der Waals surface area contributed by atoms with Crippen LogP contribution in [0.1, 0.15) is 31.7 Å². The van der Waals surface area contributed by atoms with Crippen LogP contribution in [0.5, 0.6) is 0 Å². The van der Waals surface area contributed by atoms with E-state index >= 15 is 0 Å². The molecule has 1 aromatic carbocycles. The molecule has 1 unspecified atom stereocenters. The molecule has 32 heavy (non-hydrogen) atoms. The Morgan fingerprint density at radius 3 is 2.53 bits per heavy atom. The summed E-state index contributed by atoms with van der Waals surface area (Å²) in [5.74, 6) is -0.129. The largest absolute Gasteiger partial charge is 0.326 e. The molecule has 1 saturated heterocycles. The van der Waals surface area contributed by atoms with Crippen LogP contribution in [0.3, 0.4) is 0 Å². The topological polar surface area (TPSA) is 60.9 Å². The first-order valence-corrected chi connectivity index (χ1v) is 13.8. The fourth-order valence-electron chi connectivity index (χ4n) is 4.42. The molecule has 0 saturated carbocycles. The quantitative estimate of drug-likeness (QED) is 0.565. The van der Waals surface area contributed by atoms with Crippen LogP contribution in [0.4, 0.5) is 0 Å². The van der Waals surface area contributed by atoms with Crippen molar-refractivity contribution in [2.75, 3.05) is 39.8 Å². The van der Waals surface area contributed by atoms with Crippen molar-refractivity contribution >= 4 is 38.6 Å². The minimum absolute atomic E-state index is 0.129. The van der Waals surface area contributed by atoms with Gasteiger partial charge in [0.1, 0.15) is 0 Å². The number of carbonyl (C=O) groups is 1. The second-order valence-corrected chi connectivity index (χ2v) is 12.1. The van der Waals surface area contributed by atoms with E-state index in [1.54, 1.807) is 46.9 Å². The molecule has 2 aromatic heterocycles. The molecule has 0 aliphatic carbocycles. The summed E-state index contributed by atoms with van der Waals surface area (Å²) in [5, 5.41) is 4.12. The SMILES string of the molecule is CN1CCN(S(=O)(=O)c2cccc(C(=O)N3CCc4sccc4C3c3cccs3)c2)CC1.